The van der Waals surface area contributed by atoms with Gasteiger partial charge >= 0.3 is 12.0 Å². The van der Waals surface area contributed by atoms with Gasteiger partial charge in [0.25, 0.3) is 0 Å². The Morgan fingerprint density at radius 3 is 2.60 bits per heavy atom. The maximum absolute atomic E-state index is 12.0. The molecule has 0 radical (unpaired) electrons. The molecule has 106 valence electrons. The van der Waals surface area contributed by atoms with Crippen LogP contribution in [0.15, 0.2) is 35.9 Å². The summed E-state index contributed by atoms with van der Waals surface area (Å²) in [4.78, 5) is 24.5. The SMILES string of the molecule is CC1=CCCN(C(=O)NCc2ccc(C(=O)O)cc2)C1. The second-order valence-corrected chi connectivity index (χ2v) is 4.92. The molecule has 0 atom stereocenters. The Morgan fingerprint density at radius 2 is 2.00 bits per heavy atom. The van der Waals surface area contributed by atoms with Crippen molar-refractivity contribution in [3.05, 3.63) is 47.0 Å². The topological polar surface area (TPSA) is 69.6 Å². The largest absolute Gasteiger partial charge is 0.478 e. The number of carbonyl (C=O) groups is 2. The smallest absolute Gasteiger partial charge is 0.335 e. The molecular formula is C15H18N2O3. The van der Waals surface area contributed by atoms with Gasteiger partial charge in [-0.1, -0.05) is 23.8 Å². The summed E-state index contributed by atoms with van der Waals surface area (Å²) in [5.41, 5.74) is 2.33. The van der Waals surface area contributed by atoms with Crippen LogP contribution in [0.1, 0.15) is 29.3 Å². The molecule has 5 nitrogen and oxygen atoms in total. The predicted octanol–water partition coefficient (Wildman–Crippen LogP) is 2.25. The van der Waals surface area contributed by atoms with Crippen molar-refractivity contribution in [2.24, 2.45) is 0 Å². The highest BCUT2D eigenvalue weighted by atomic mass is 16.4. The summed E-state index contributed by atoms with van der Waals surface area (Å²) in [5.74, 6) is -0.948. The first kappa shape index (κ1) is 14.1. The van der Waals surface area contributed by atoms with Crippen LogP contribution in [0.5, 0.6) is 0 Å². The Bertz CT molecular complexity index is 535. The van der Waals surface area contributed by atoms with Crippen molar-refractivity contribution < 1.29 is 14.7 Å². The number of amides is 2. The van der Waals surface area contributed by atoms with E-state index < -0.39 is 5.97 Å². The number of rotatable bonds is 3. The van der Waals surface area contributed by atoms with Crippen LogP contribution < -0.4 is 5.32 Å². The molecule has 2 amide bonds. The van der Waals surface area contributed by atoms with Crippen LogP contribution in [0.25, 0.3) is 0 Å². The molecule has 0 aromatic heterocycles. The summed E-state index contributed by atoms with van der Waals surface area (Å²) in [6, 6.07) is 6.42. The fourth-order valence-corrected chi connectivity index (χ4v) is 2.14. The van der Waals surface area contributed by atoms with Crippen molar-refractivity contribution >= 4 is 12.0 Å². The zero-order valence-electron chi connectivity index (χ0n) is 11.4. The van der Waals surface area contributed by atoms with Crippen LogP contribution in [0, 0.1) is 0 Å². The molecule has 0 saturated heterocycles. The highest BCUT2D eigenvalue weighted by Crippen LogP contribution is 2.09. The Balaban J connectivity index is 1.87. The molecule has 1 aromatic carbocycles. The molecule has 0 spiro atoms. The number of nitrogens with one attached hydrogen (secondary N) is 1. The van der Waals surface area contributed by atoms with Crippen molar-refractivity contribution in [2.75, 3.05) is 13.1 Å². The fourth-order valence-electron chi connectivity index (χ4n) is 2.14. The number of urea groups is 1. The van der Waals surface area contributed by atoms with E-state index in [0.29, 0.717) is 13.1 Å². The second kappa shape index (κ2) is 6.23. The van der Waals surface area contributed by atoms with Gasteiger partial charge in [0.05, 0.1) is 5.56 Å². The first-order valence-electron chi connectivity index (χ1n) is 6.57. The van der Waals surface area contributed by atoms with Gasteiger partial charge in [-0.15, -0.1) is 0 Å². The molecule has 1 aliphatic rings. The summed E-state index contributed by atoms with van der Waals surface area (Å²) in [6.45, 7) is 3.83. The van der Waals surface area contributed by atoms with Crippen LogP contribution >= 0.6 is 0 Å². The third-order valence-electron chi connectivity index (χ3n) is 3.26. The van der Waals surface area contributed by atoms with Gasteiger partial charge in [0.2, 0.25) is 0 Å². The summed E-state index contributed by atoms with van der Waals surface area (Å²) >= 11 is 0. The van der Waals surface area contributed by atoms with Gasteiger partial charge in [-0.2, -0.15) is 0 Å². The van der Waals surface area contributed by atoms with E-state index in [1.165, 1.54) is 17.7 Å². The Hall–Kier alpha value is -2.30. The van der Waals surface area contributed by atoms with Crippen LogP contribution in [0.3, 0.4) is 0 Å². The third kappa shape index (κ3) is 3.60. The molecule has 0 bridgehead atoms. The van der Waals surface area contributed by atoms with E-state index in [0.717, 1.165) is 18.5 Å². The number of hydrogen-bond acceptors (Lipinski definition) is 2. The van der Waals surface area contributed by atoms with Gasteiger partial charge in [0.1, 0.15) is 0 Å². The number of hydrogen-bond donors (Lipinski definition) is 2. The molecule has 1 aliphatic heterocycles. The molecule has 1 heterocycles. The highest BCUT2D eigenvalue weighted by molar-refractivity contribution is 5.87. The van der Waals surface area contributed by atoms with Crippen LogP contribution in [0.2, 0.25) is 0 Å². The zero-order chi connectivity index (χ0) is 14.5. The molecular weight excluding hydrogens is 256 g/mol. The number of aromatic carboxylic acids is 1. The first-order chi connectivity index (χ1) is 9.56. The van der Waals surface area contributed by atoms with E-state index in [2.05, 4.69) is 11.4 Å². The molecule has 2 N–H and O–H groups in total. The van der Waals surface area contributed by atoms with Gasteiger partial charge in [-0.25, -0.2) is 9.59 Å². The fraction of sp³-hybridized carbons (Fsp3) is 0.333. The van der Waals surface area contributed by atoms with Gasteiger partial charge in [0.15, 0.2) is 0 Å². The number of carboxylic acid groups (broad SMARTS) is 1. The Morgan fingerprint density at radius 1 is 1.30 bits per heavy atom. The molecule has 20 heavy (non-hydrogen) atoms. The molecule has 0 fully saturated rings. The maximum atomic E-state index is 12.0. The maximum Gasteiger partial charge on any atom is 0.335 e. The summed E-state index contributed by atoms with van der Waals surface area (Å²) in [6.07, 6.45) is 3.04. The molecule has 2 rings (SSSR count). The molecule has 0 saturated carbocycles. The second-order valence-electron chi connectivity index (χ2n) is 4.92. The normalized spacial score (nSPS) is 14.7. The number of carbonyl (C=O) groups excluding carboxylic acids is 1. The van der Waals surface area contributed by atoms with Crippen molar-refractivity contribution in [3.63, 3.8) is 0 Å². The van der Waals surface area contributed by atoms with Gasteiger partial charge < -0.3 is 15.3 Å². The van der Waals surface area contributed by atoms with E-state index in [1.807, 2.05) is 6.92 Å². The lowest BCUT2D eigenvalue weighted by Gasteiger charge is -2.26. The van der Waals surface area contributed by atoms with E-state index in [-0.39, 0.29) is 11.6 Å². The highest BCUT2D eigenvalue weighted by Gasteiger charge is 2.15. The number of nitrogens with zero attached hydrogens (tertiary/aromatic N) is 1. The first-order valence-corrected chi connectivity index (χ1v) is 6.57. The summed E-state index contributed by atoms with van der Waals surface area (Å²) < 4.78 is 0. The zero-order valence-corrected chi connectivity index (χ0v) is 11.4. The van der Waals surface area contributed by atoms with Gasteiger partial charge in [0, 0.05) is 19.6 Å². The van der Waals surface area contributed by atoms with Gasteiger partial charge in [-0.05, 0) is 31.0 Å². The van der Waals surface area contributed by atoms with E-state index in [9.17, 15) is 9.59 Å². The van der Waals surface area contributed by atoms with Crippen molar-refractivity contribution in [1.82, 2.24) is 10.2 Å². The van der Waals surface area contributed by atoms with E-state index in [4.69, 9.17) is 5.11 Å². The van der Waals surface area contributed by atoms with Crippen LogP contribution in [-0.4, -0.2) is 35.1 Å². The summed E-state index contributed by atoms with van der Waals surface area (Å²) in [7, 11) is 0. The number of benzene rings is 1. The predicted molar refractivity (Wildman–Crippen MR) is 75.6 cm³/mol. The minimum atomic E-state index is -0.948. The Kier molecular flexibility index (Phi) is 4.40. The van der Waals surface area contributed by atoms with Crippen molar-refractivity contribution in [1.29, 1.82) is 0 Å². The Labute approximate surface area is 117 Å². The molecule has 1 aromatic rings. The van der Waals surface area contributed by atoms with E-state index in [1.54, 1.807) is 17.0 Å². The van der Waals surface area contributed by atoms with Crippen LogP contribution in [-0.2, 0) is 6.54 Å². The number of carboxylic acids is 1. The average Bonchev–Trinajstić information content (AvgIpc) is 2.45. The molecule has 5 heteroatoms. The quantitative estimate of drug-likeness (QED) is 0.830. The summed E-state index contributed by atoms with van der Waals surface area (Å²) in [5, 5.41) is 11.7. The lowest BCUT2D eigenvalue weighted by Crippen LogP contribution is -2.42. The minimum Gasteiger partial charge on any atom is -0.478 e. The van der Waals surface area contributed by atoms with Crippen molar-refractivity contribution in [3.8, 4) is 0 Å². The van der Waals surface area contributed by atoms with Crippen molar-refractivity contribution in [2.45, 2.75) is 19.9 Å². The lowest BCUT2D eigenvalue weighted by atomic mass is 10.1. The minimum absolute atomic E-state index is 0.0836. The monoisotopic (exact) mass is 274 g/mol. The molecule has 0 aliphatic carbocycles. The van der Waals surface area contributed by atoms with E-state index >= 15 is 0 Å². The van der Waals surface area contributed by atoms with Gasteiger partial charge in [-0.3, -0.25) is 0 Å². The standard InChI is InChI=1S/C15H18N2O3/c1-11-3-2-8-17(10-11)15(20)16-9-12-4-6-13(7-5-12)14(18)19/h3-7H,2,8-10H2,1H3,(H,16,20)(H,18,19). The van der Waals surface area contributed by atoms with Crippen LogP contribution in [0.4, 0.5) is 4.79 Å². The molecule has 0 unspecified atom stereocenters. The third-order valence-corrected chi connectivity index (χ3v) is 3.26. The lowest BCUT2D eigenvalue weighted by molar-refractivity contribution is 0.0697. The average molecular weight is 274 g/mol.